The molecule has 0 aliphatic heterocycles. The molecule has 0 spiro atoms. The molecule has 3 heterocycles. The van der Waals surface area contributed by atoms with Crippen LogP contribution in [0.2, 0.25) is 0 Å². The fourth-order valence-electron chi connectivity index (χ4n) is 7.56. The van der Waals surface area contributed by atoms with E-state index in [0.717, 1.165) is 22.0 Å². The Hall–Kier alpha value is -6.52. The minimum absolute atomic E-state index is 0.878. The highest BCUT2D eigenvalue weighted by Gasteiger charge is 2.17. The third-order valence-electron chi connectivity index (χ3n) is 9.73. The van der Waals surface area contributed by atoms with Crippen LogP contribution in [-0.2, 0) is 0 Å². The van der Waals surface area contributed by atoms with Gasteiger partial charge in [-0.25, -0.2) is 0 Å². The van der Waals surface area contributed by atoms with Crippen molar-refractivity contribution in [3.8, 4) is 44.6 Å². The van der Waals surface area contributed by atoms with Crippen molar-refractivity contribution in [3.63, 3.8) is 0 Å². The summed E-state index contributed by atoms with van der Waals surface area (Å²) >= 11 is 0. The highest BCUT2D eigenvalue weighted by Crippen LogP contribution is 2.44. The standard InChI is InChI=1S/C44H26N4/c1-3-29-24-45-17-15-37(29)34(5-1)31-21-32(35-6-2-4-30-25-46-18-16-38(30)35)23-33(22-31)36-11-7-27-10-14-41-39(42-26-47-19-20-48-42)12-8-28-9-13-40(36)43(27)44(28)41/h1-26H. The number of nitrogens with zero attached hydrogens (tertiary/aromatic N) is 4. The lowest BCUT2D eigenvalue weighted by Gasteiger charge is -2.18. The van der Waals surface area contributed by atoms with Gasteiger partial charge in [-0.1, -0.05) is 84.9 Å². The van der Waals surface area contributed by atoms with E-state index in [4.69, 9.17) is 0 Å². The number of rotatable bonds is 4. The van der Waals surface area contributed by atoms with Gasteiger partial charge in [-0.3, -0.25) is 19.9 Å². The maximum atomic E-state index is 4.65. The predicted molar refractivity (Wildman–Crippen MR) is 198 cm³/mol. The maximum absolute atomic E-state index is 4.65. The van der Waals surface area contributed by atoms with Gasteiger partial charge in [0, 0.05) is 53.5 Å². The van der Waals surface area contributed by atoms with Gasteiger partial charge in [0.1, 0.15) is 0 Å². The van der Waals surface area contributed by atoms with Gasteiger partial charge in [0.05, 0.1) is 11.9 Å². The largest absolute Gasteiger partial charge is 0.264 e. The van der Waals surface area contributed by atoms with Crippen molar-refractivity contribution < 1.29 is 0 Å². The van der Waals surface area contributed by atoms with Gasteiger partial charge in [0.15, 0.2) is 0 Å². The average molecular weight is 611 g/mol. The van der Waals surface area contributed by atoms with Crippen LogP contribution in [0.1, 0.15) is 0 Å². The molecule has 10 aromatic rings. The van der Waals surface area contributed by atoms with Crippen molar-refractivity contribution in [2.45, 2.75) is 0 Å². The van der Waals surface area contributed by atoms with Gasteiger partial charge in [-0.2, -0.15) is 0 Å². The van der Waals surface area contributed by atoms with Crippen LogP contribution < -0.4 is 0 Å². The molecule has 0 aliphatic carbocycles. The van der Waals surface area contributed by atoms with Crippen LogP contribution in [0.3, 0.4) is 0 Å². The van der Waals surface area contributed by atoms with Crippen LogP contribution >= 0.6 is 0 Å². The second-order valence-electron chi connectivity index (χ2n) is 12.3. The highest BCUT2D eigenvalue weighted by atomic mass is 14.8. The van der Waals surface area contributed by atoms with Gasteiger partial charge in [0.25, 0.3) is 0 Å². The molecule has 7 aromatic carbocycles. The number of hydrogen-bond donors (Lipinski definition) is 0. The smallest absolute Gasteiger partial charge is 0.0891 e. The zero-order chi connectivity index (χ0) is 31.6. The fraction of sp³-hybridized carbons (Fsp3) is 0. The minimum atomic E-state index is 0.878. The third kappa shape index (κ3) is 4.10. The molecular formula is C44H26N4. The SMILES string of the molecule is c1cc(-c2cc(-c3cccc4cnccc34)cc(-c3ccc4ccc5c(-c6cnccn6)ccc6ccc3c4c65)c2)c2ccncc2c1. The summed E-state index contributed by atoms with van der Waals surface area (Å²) in [5.74, 6) is 0. The Morgan fingerprint density at radius 2 is 0.833 bits per heavy atom. The maximum Gasteiger partial charge on any atom is 0.0891 e. The Bertz CT molecular complexity index is 2730. The van der Waals surface area contributed by atoms with Crippen LogP contribution in [0, 0.1) is 0 Å². The van der Waals surface area contributed by atoms with E-state index < -0.39 is 0 Å². The van der Waals surface area contributed by atoms with Crippen molar-refractivity contribution in [2.75, 3.05) is 0 Å². The lowest BCUT2D eigenvalue weighted by Crippen LogP contribution is -1.92. The molecule has 4 nitrogen and oxygen atoms in total. The first-order valence-corrected chi connectivity index (χ1v) is 16.1. The summed E-state index contributed by atoms with van der Waals surface area (Å²) in [6, 6.07) is 42.2. The summed E-state index contributed by atoms with van der Waals surface area (Å²) in [6.07, 6.45) is 13.0. The van der Waals surface area contributed by atoms with Crippen LogP contribution in [0.5, 0.6) is 0 Å². The molecule has 10 rings (SSSR count). The van der Waals surface area contributed by atoms with Crippen molar-refractivity contribution in [1.29, 1.82) is 0 Å². The summed E-state index contributed by atoms with van der Waals surface area (Å²) in [4.78, 5) is 17.8. The summed E-state index contributed by atoms with van der Waals surface area (Å²) in [6.45, 7) is 0. The molecule has 0 saturated heterocycles. The fourth-order valence-corrected chi connectivity index (χ4v) is 7.56. The van der Waals surface area contributed by atoms with E-state index in [-0.39, 0.29) is 0 Å². The number of pyridine rings is 2. The van der Waals surface area contributed by atoms with E-state index in [1.807, 2.05) is 31.0 Å². The van der Waals surface area contributed by atoms with Crippen molar-refractivity contribution >= 4 is 53.9 Å². The quantitative estimate of drug-likeness (QED) is 0.186. The van der Waals surface area contributed by atoms with Gasteiger partial charge in [-0.15, -0.1) is 0 Å². The van der Waals surface area contributed by atoms with E-state index in [2.05, 4.69) is 135 Å². The number of fused-ring (bicyclic) bond motifs is 2. The number of hydrogen-bond acceptors (Lipinski definition) is 4. The lowest BCUT2D eigenvalue weighted by atomic mass is 9.86. The van der Waals surface area contributed by atoms with Crippen LogP contribution in [0.15, 0.2) is 159 Å². The molecule has 0 N–H and O–H groups in total. The summed E-state index contributed by atoms with van der Waals surface area (Å²) < 4.78 is 0. The van der Waals surface area contributed by atoms with E-state index in [1.165, 1.54) is 76.5 Å². The van der Waals surface area contributed by atoms with Gasteiger partial charge in [-0.05, 0) is 107 Å². The zero-order valence-electron chi connectivity index (χ0n) is 25.8. The Labute approximate surface area is 276 Å². The molecule has 0 bridgehead atoms. The Morgan fingerprint density at radius 1 is 0.333 bits per heavy atom. The normalized spacial score (nSPS) is 11.8. The summed E-state index contributed by atoms with van der Waals surface area (Å²) in [5.41, 5.74) is 9.05. The molecular weight excluding hydrogens is 585 g/mol. The average Bonchev–Trinajstić information content (AvgIpc) is 3.16. The molecule has 0 aliphatic rings. The second kappa shape index (κ2) is 10.5. The summed E-state index contributed by atoms with van der Waals surface area (Å²) in [5, 5.41) is 12.0. The molecule has 0 radical (unpaired) electrons. The van der Waals surface area contributed by atoms with E-state index in [9.17, 15) is 0 Å². The molecule has 0 atom stereocenters. The molecule has 0 unspecified atom stereocenters. The first-order chi connectivity index (χ1) is 23.8. The first-order valence-electron chi connectivity index (χ1n) is 16.1. The Balaban J connectivity index is 1.27. The molecule has 3 aromatic heterocycles. The molecule has 0 fully saturated rings. The topological polar surface area (TPSA) is 51.6 Å². The van der Waals surface area contributed by atoms with E-state index in [1.54, 1.807) is 12.4 Å². The van der Waals surface area contributed by atoms with Gasteiger partial charge >= 0.3 is 0 Å². The van der Waals surface area contributed by atoms with Crippen LogP contribution in [-0.4, -0.2) is 19.9 Å². The molecule has 4 heteroatoms. The monoisotopic (exact) mass is 610 g/mol. The number of benzene rings is 7. The first kappa shape index (κ1) is 26.7. The molecule has 48 heavy (non-hydrogen) atoms. The predicted octanol–water partition coefficient (Wildman–Crippen LogP) is 11.1. The Kier molecular flexibility index (Phi) is 5.84. The third-order valence-corrected chi connectivity index (χ3v) is 9.73. The molecule has 0 saturated carbocycles. The van der Waals surface area contributed by atoms with Crippen molar-refractivity contribution in [2.24, 2.45) is 0 Å². The molecule has 0 amide bonds. The highest BCUT2D eigenvalue weighted by molar-refractivity contribution is 6.27. The zero-order valence-corrected chi connectivity index (χ0v) is 25.8. The van der Waals surface area contributed by atoms with E-state index >= 15 is 0 Å². The lowest BCUT2D eigenvalue weighted by molar-refractivity contribution is 1.21. The van der Waals surface area contributed by atoms with Gasteiger partial charge in [0.2, 0.25) is 0 Å². The van der Waals surface area contributed by atoms with Crippen molar-refractivity contribution in [1.82, 2.24) is 19.9 Å². The summed E-state index contributed by atoms with van der Waals surface area (Å²) in [7, 11) is 0. The van der Waals surface area contributed by atoms with Gasteiger partial charge < -0.3 is 0 Å². The number of aromatic nitrogens is 4. The Morgan fingerprint density at radius 3 is 1.40 bits per heavy atom. The van der Waals surface area contributed by atoms with Crippen molar-refractivity contribution in [3.05, 3.63) is 159 Å². The minimum Gasteiger partial charge on any atom is -0.264 e. The second-order valence-corrected chi connectivity index (χ2v) is 12.3. The van der Waals surface area contributed by atoms with Crippen LogP contribution in [0.4, 0.5) is 0 Å². The molecule has 222 valence electrons. The van der Waals surface area contributed by atoms with Crippen LogP contribution in [0.25, 0.3) is 98.5 Å². The van der Waals surface area contributed by atoms with E-state index in [0.29, 0.717) is 0 Å².